The lowest BCUT2D eigenvalue weighted by molar-refractivity contribution is 0.0940. The van der Waals surface area contributed by atoms with E-state index in [1.807, 2.05) is 80.6 Å². The third kappa shape index (κ3) is 3.16. The Labute approximate surface area is 174 Å². The number of rotatable bonds is 4. The highest BCUT2D eigenvalue weighted by atomic mass is 16.7. The van der Waals surface area contributed by atoms with Crippen molar-refractivity contribution in [2.24, 2.45) is 0 Å². The van der Waals surface area contributed by atoms with E-state index in [1.165, 1.54) is 0 Å². The molecule has 0 aliphatic carbocycles. The standard InChI is InChI=1S/C24H21N3O3/c1-15(17-9-11-22-23(13-17)30-14-29-22)25-24(28)18-8-10-21-20(12-18)26-16(2)27(21)19-6-4-3-5-7-19/h3-13,15H,14H2,1-2H3,(H,25,28). The molecule has 6 nitrogen and oxygen atoms in total. The Bertz CT molecular complexity index is 1250. The van der Waals surface area contributed by atoms with Gasteiger partial charge in [0.25, 0.3) is 5.91 Å². The molecule has 4 aromatic rings. The zero-order valence-electron chi connectivity index (χ0n) is 16.8. The Hall–Kier alpha value is -3.80. The van der Waals surface area contributed by atoms with Gasteiger partial charge in [-0.25, -0.2) is 4.98 Å². The Kier molecular flexibility index (Phi) is 4.39. The van der Waals surface area contributed by atoms with Gasteiger partial charge < -0.3 is 14.8 Å². The Balaban J connectivity index is 1.40. The molecule has 1 aromatic heterocycles. The predicted octanol–water partition coefficient (Wildman–Crippen LogP) is 4.55. The molecule has 150 valence electrons. The molecule has 6 heteroatoms. The second kappa shape index (κ2) is 7.22. The maximum atomic E-state index is 12.9. The molecule has 0 bridgehead atoms. The Morgan fingerprint density at radius 1 is 1.03 bits per heavy atom. The predicted molar refractivity (Wildman–Crippen MR) is 114 cm³/mol. The molecule has 1 atom stereocenters. The van der Waals surface area contributed by atoms with Crippen LogP contribution in [0.2, 0.25) is 0 Å². The Morgan fingerprint density at radius 2 is 1.83 bits per heavy atom. The lowest BCUT2D eigenvalue weighted by atomic mass is 10.1. The summed E-state index contributed by atoms with van der Waals surface area (Å²) in [6.45, 7) is 4.14. The molecule has 1 amide bonds. The van der Waals surface area contributed by atoms with Crippen LogP contribution in [0.1, 0.15) is 34.7 Å². The van der Waals surface area contributed by atoms with Crippen molar-refractivity contribution in [3.63, 3.8) is 0 Å². The van der Waals surface area contributed by atoms with Gasteiger partial charge >= 0.3 is 0 Å². The van der Waals surface area contributed by atoms with Crippen LogP contribution in [0.15, 0.2) is 66.7 Å². The van der Waals surface area contributed by atoms with E-state index in [2.05, 4.69) is 14.9 Å². The van der Waals surface area contributed by atoms with Crippen LogP contribution in [0.3, 0.4) is 0 Å². The van der Waals surface area contributed by atoms with Gasteiger partial charge in [-0.1, -0.05) is 24.3 Å². The zero-order chi connectivity index (χ0) is 20.7. The first-order valence-electron chi connectivity index (χ1n) is 9.85. The number of nitrogens with one attached hydrogen (secondary N) is 1. The van der Waals surface area contributed by atoms with Crippen molar-refractivity contribution in [1.29, 1.82) is 0 Å². The first-order valence-corrected chi connectivity index (χ1v) is 9.85. The fourth-order valence-electron chi connectivity index (χ4n) is 3.79. The zero-order valence-corrected chi connectivity index (χ0v) is 16.8. The number of hydrogen-bond donors (Lipinski definition) is 1. The molecule has 5 rings (SSSR count). The molecule has 1 aliphatic rings. The molecular weight excluding hydrogens is 378 g/mol. The number of hydrogen-bond acceptors (Lipinski definition) is 4. The van der Waals surface area contributed by atoms with E-state index in [9.17, 15) is 4.79 Å². The highest BCUT2D eigenvalue weighted by Crippen LogP contribution is 2.34. The first-order chi connectivity index (χ1) is 14.6. The molecule has 0 saturated heterocycles. The molecule has 3 aromatic carbocycles. The number of para-hydroxylation sites is 1. The second-order valence-electron chi connectivity index (χ2n) is 7.34. The summed E-state index contributed by atoms with van der Waals surface area (Å²) < 4.78 is 12.9. The van der Waals surface area contributed by atoms with Crippen molar-refractivity contribution < 1.29 is 14.3 Å². The highest BCUT2D eigenvalue weighted by Gasteiger charge is 2.18. The van der Waals surface area contributed by atoms with Crippen LogP contribution in [0, 0.1) is 6.92 Å². The van der Waals surface area contributed by atoms with Crippen LogP contribution in [0.4, 0.5) is 0 Å². The molecule has 30 heavy (non-hydrogen) atoms. The van der Waals surface area contributed by atoms with Crippen LogP contribution >= 0.6 is 0 Å². The molecule has 0 saturated carbocycles. The fourth-order valence-corrected chi connectivity index (χ4v) is 3.79. The lowest BCUT2D eigenvalue weighted by Crippen LogP contribution is -2.26. The topological polar surface area (TPSA) is 65.4 Å². The summed E-state index contributed by atoms with van der Waals surface area (Å²) in [7, 11) is 0. The Morgan fingerprint density at radius 3 is 2.67 bits per heavy atom. The monoisotopic (exact) mass is 399 g/mol. The van der Waals surface area contributed by atoms with Gasteiger partial charge in [0.15, 0.2) is 11.5 Å². The van der Waals surface area contributed by atoms with E-state index in [0.29, 0.717) is 11.3 Å². The minimum atomic E-state index is -0.175. The SMILES string of the molecule is Cc1nc2cc(C(=O)NC(C)c3ccc4c(c3)OCO4)ccc2n1-c1ccccc1. The fraction of sp³-hybridized carbons (Fsp3) is 0.167. The van der Waals surface area contributed by atoms with Crippen LogP contribution in [0.25, 0.3) is 16.7 Å². The normalized spacial score (nSPS) is 13.4. The van der Waals surface area contributed by atoms with Gasteiger partial charge in [0.1, 0.15) is 5.82 Å². The van der Waals surface area contributed by atoms with E-state index in [0.717, 1.165) is 33.9 Å². The van der Waals surface area contributed by atoms with E-state index in [4.69, 9.17) is 9.47 Å². The van der Waals surface area contributed by atoms with Crippen LogP contribution in [-0.2, 0) is 0 Å². The summed E-state index contributed by atoms with van der Waals surface area (Å²) in [5.41, 5.74) is 4.34. The number of benzene rings is 3. The molecule has 2 heterocycles. The van der Waals surface area contributed by atoms with E-state index < -0.39 is 0 Å². The summed E-state index contributed by atoms with van der Waals surface area (Å²) in [5, 5.41) is 3.05. The van der Waals surface area contributed by atoms with Crippen molar-refractivity contribution in [1.82, 2.24) is 14.9 Å². The maximum absolute atomic E-state index is 12.9. The van der Waals surface area contributed by atoms with Crippen molar-refractivity contribution in [2.45, 2.75) is 19.9 Å². The van der Waals surface area contributed by atoms with E-state index in [-0.39, 0.29) is 18.7 Å². The second-order valence-corrected chi connectivity index (χ2v) is 7.34. The van der Waals surface area contributed by atoms with E-state index in [1.54, 1.807) is 0 Å². The number of amides is 1. The maximum Gasteiger partial charge on any atom is 0.251 e. The van der Waals surface area contributed by atoms with Crippen molar-refractivity contribution in [3.05, 3.63) is 83.7 Å². The third-order valence-electron chi connectivity index (χ3n) is 5.34. The molecular formula is C24H21N3O3. The number of aryl methyl sites for hydroxylation is 1. The van der Waals surface area contributed by atoms with E-state index >= 15 is 0 Å². The van der Waals surface area contributed by atoms with Gasteiger partial charge in [-0.05, 0) is 61.9 Å². The summed E-state index contributed by atoms with van der Waals surface area (Å²) in [6, 6.07) is 21.2. The lowest BCUT2D eigenvalue weighted by Gasteiger charge is -2.15. The molecule has 1 aliphatic heterocycles. The number of nitrogens with zero attached hydrogens (tertiary/aromatic N) is 2. The summed E-state index contributed by atoms with van der Waals surface area (Å²) in [4.78, 5) is 17.5. The van der Waals surface area contributed by atoms with Crippen molar-refractivity contribution in [3.8, 4) is 17.2 Å². The summed E-state index contributed by atoms with van der Waals surface area (Å²) >= 11 is 0. The minimum Gasteiger partial charge on any atom is -0.454 e. The molecule has 0 fully saturated rings. The number of carbonyl (C=O) groups excluding carboxylic acids is 1. The molecule has 1 N–H and O–H groups in total. The van der Waals surface area contributed by atoms with Gasteiger partial charge in [0, 0.05) is 11.3 Å². The third-order valence-corrected chi connectivity index (χ3v) is 5.34. The van der Waals surface area contributed by atoms with Gasteiger partial charge in [0.2, 0.25) is 6.79 Å². The number of aromatic nitrogens is 2. The average molecular weight is 399 g/mol. The average Bonchev–Trinajstić information content (AvgIpc) is 3.36. The quantitative estimate of drug-likeness (QED) is 0.547. The largest absolute Gasteiger partial charge is 0.454 e. The number of carbonyl (C=O) groups is 1. The summed E-state index contributed by atoms with van der Waals surface area (Å²) in [6.07, 6.45) is 0. The van der Waals surface area contributed by atoms with Crippen molar-refractivity contribution in [2.75, 3.05) is 6.79 Å². The molecule has 0 radical (unpaired) electrons. The molecule has 1 unspecified atom stereocenters. The number of imidazole rings is 1. The smallest absolute Gasteiger partial charge is 0.251 e. The van der Waals surface area contributed by atoms with Gasteiger partial charge in [-0.2, -0.15) is 0 Å². The van der Waals surface area contributed by atoms with Crippen molar-refractivity contribution >= 4 is 16.9 Å². The molecule has 0 spiro atoms. The van der Waals surface area contributed by atoms with Crippen LogP contribution in [0.5, 0.6) is 11.5 Å². The number of ether oxygens (including phenoxy) is 2. The highest BCUT2D eigenvalue weighted by molar-refractivity contribution is 5.97. The minimum absolute atomic E-state index is 0.144. The van der Waals surface area contributed by atoms with Gasteiger partial charge in [0.05, 0.1) is 17.1 Å². The van der Waals surface area contributed by atoms with Gasteiger partial charge in [-0.3, -0.25) is 9.36 Å². The number of fused-ring (bicyclic) bond motifs is 2. The van der Waals surface area contributed by atoms with Crippen LogP contribution in [-0.4, -0.2) is 22.3 Å². The first kappa shape index (κ1) is 18.2. The van der Waals surface area contributed by atoms with Crippen LogP contribution < -0.4 is 14.8 Å². The van der Waals surface area contributed by atoms with Gasteiger partial charge in [-0.15, -0.1) is 0 Å². The summed E-state index contributed by atoms with van der Waals surface area (Å²) in [5.74, 6) is 2.17.